The van der Waals surface area contributed by atoms with Gasteiger partial charge in [-0.2, -0.15) is 4.98 Å². The average molecular weight is 404 g/mol. The van der Waals surface area contributed by atoms with Gasteiger partial charge < -0.3 is 9.84 Å². The van der Waals surface area contributed by atoms with Gasteiger partial charge in [0.05, 0.1) is 6.04 Å². The number of hydrogen-bond donors (Lipinski definition) is 1. The van der Waals surface area contributed by atoms with Crippen LogP contribution >= 0.6 is 22.9 Å². The van der Waals surface area contributed by atoms with E-state index in [0.717, 1.165) is 29.1 Å². The van der Waals surface area contributed by atoms with Crippen LogP contribution in [-0.2, 0) is 17.6 Å². The molecule has 0 saturated carbocycles. The fourth-order valence-electron chi connectivity index (χ4n) is 2.78. The molecule has 0 aliphatic rings. The van der Waals surface area contributed by atoms with E-state index in [-0.39, 0.29) is 11.9 Å². The molecule has 0 saturated heterocycles. The SMILES string of the molecule is CCCc1noc(CCCC(=O)NC(c2ccc(Cl)cc2)c2cccs2)n1. The number of hydrogen-bond acceptors (Lipinski definition) is 5. The number of thiophene rings is 1. The number of nitrogens with one attached hydrogen (secondary N) is 1. The maximum Gasteiger partial charge on any atom is 0.226 e. The van der Waals surface area contributed by atoms with Crippen molar-refractivity contribution in [1.82, 2.24) is 15.5 Å². The molecule has 3 rings (SSSR count). The number of halogens is 1. The minimum absolute atomic E-state index is 0.00310. The Kier molecular flexibility index (Phi) is 7.01. The highest BCUT2D eigenvalue weighted by Gasteiger charge is 2.18. The van der Waals surface area contributed by atoms with E-state index in [1.807, 2.05) is 41.8 Å². The molecule has 27 heavy (non-hydrogen) atoms. The quantitative estimate of drug-likeness (QED) is 0.548. The van der Waals surface area contributed by atoms with Gasteiger partial charge in [-0.15, -0.1) is 11.3 Å². The number of carbonyl (C=O) groups is 1. The zero-order valence-electron chi connectivity index (χ0n) is 15.2. The lowest BCUT2D eigenvalue weighted by Crippen LogP contribution is -2.28. The summed E-state index contributed by atoms with van der Waals surface area (Å²) in [6.45, 7) is 2.07. The Morgan fingerprint density at radius 2 is 2.07 bits per heavy atom. The van der Waals surface area contributed by atoms with Crippen molar-refractivity contribution in [1.29, 1.82) is 0 Å². The molecule has 1 amide bonds. The number of benzene rings is 1. The fraction of sp³-hybridized carbons (Fsp3) is 0.350. The van der Waals surface area contributed by atoms with E-state index in [2.05, 4.69) is 22.4 Å². The molecule has 0 spiro atoms. The van der Waals surface area contributed by atoms with E-state index in [1.54, 1.807) is 11.3 Å². The number of aromatic nitrogens is 2. The smallest absolute Gasteiger partial charge is 0.226 e. The molecular formula is C20H22ClN3O2S. The Balaban J connectivity index is 1.57. The first-order valence-corrected chi connectivity index (χ1v) is 10.3. The summed E-state index contributed by atoms with van der Waals surface area (Å²) in [7, 11) is 0. The molecule has 3 aromatic rings. The van der Waals surface area contributed by atoms with Crippen LogP contribution in [0.25, 0.3) is 0 Å². The van der Waals surface area contributed by atoms with Gasteiger partial charge in [-0.05, 0) is 42.0 Å². The van der Waals surface area contributed by atoms with Crippen molar-refractivity contribution < 1.29 is 9.32 Å². The van der Waals surface area contributed by atoms with E-state index < -0.39 is 0 Å². The summed E-state index contributed by atoms with van der Waals surface area (Å²) in [4.78, 5) is 17.9. The second-order valence-corrected chi connectivity index (χ2v) is 7.69. The maximum absolute atomic E-state index is 12.5. The molecular weight excluding hydrogens is 382 g/mol. The van der Waals surface area contributed by atoms with Gasteiger partial charge in [0.2, 0.25) is 11.8 Å². The molecule has 2 aromatic heterocycles. The Bertz CT molecular complexity index is 847. The maximum atomic E-state index is 12.5. The number of rotatable bonds is 9. The van der Waals surface area contributed by atoms with E-state index in [4.69, 9.17) is 16.1 Å². The van der Waals surface area contributed by atoms with Crippen LogP contribution in [0.4, 0.5) is 0 Å². The van der Waals surface area contributed by atoms with Crippen LogP contribution in [0.15, 0.2) is 46.3 Å². The van der Waals surface area contributed by atoms with Crippen molar-refractivity contribution in [2.45, 2.75) is 45.1 Å². The summed E-state index contributed by atoms with van der Waals surface area (Å²) < 4.78 is 5.22. The van der Waals surface area contributed by atoms with Crippen LogP contribution in [-0.4, -0.2) is 16.0 Å². The largest absolute Gasteiger partial charge is 0.344 e. The topological polar surface area (TPSA) is 68.0 Å². The standard InChI is InChI=1S/C20H22ClN3O2S/c1-2-5-17-22-19(26-24-17)8-3-7-18(25)23-20(16-6-4-13-27-16)14-9-11-15(21)12-10-14/h4,6,9-13,20H,2-3,5,7-8H2,1H3,(H,23,25). The van der Waals surface area contributed by atoms with E-state index in [0.29, 0.717) is 30.2 Å². The zero-order chi connectivity index (χ0) is 19.1. The number of amides is 1. The molecule has 0 aliphatic carbocycles. The monoisotopic (exact) mass is 403 g/mol. The van der Waals surface area contributed by atoms with Crippen LogP contribution < -0.4 is 5.32 Å². The van der Waals surface area contributed by atoms with Crippen LogP contribution in [0.5, 0.6) is 0 Å². The Hall–Kier alpha value is -2.18. The van der Waals surface area contributed by atoms with Gasteiger partial charge in [-0.1, -0.05) is 41.9 Å². The van der Waals surface area contributed by atoms with Gasteiger partial charge in [-0.25, -0.2) is 0 Å². The first kappa shape index (κ1) is 19.6. The minimum atomic E-state index is -0.172. The third-order valence-electron chi connectivity index (χ3n) is 4.11. The van der Waals surface area contributed by atoms with Crippen LogP contribution in [0, 0.1) is 0 Å². The van der Waals surface area contributed by atoms with Gasteiger partial charge in [0.1, 0.15) is 0 Å². The molecule has 0 bridgehead atoms. The van der Waals surface area contributed by atoms with Gasteiger partial charge in [-0.3, -0.25) is 4.79 Å². The summed E-state index contributed by atoms with van der Waals surface area (Å²) in [5.41, 5.74) is 1.01. The minimum Gasteiger partial charge on any atom is -0.344 e. The molecule has 5 nitrogen and oxygen atoms in total. The summed E-state index contributed by atoms with van der Waals surface area (Å²) >= 11 is 7.61. The molecule has 1 aromatic carbocycles. The molecule has 7 heteroatoms. The highest BCUT2D eigenvalue weighted by Crippen LogP contribution is 2.27. The second kappa shape index (κ2) is 9.67. The lowest BCUT2D eigenvalue weighted by atomic mass is 10.0. The number of nitrogens with zero attached hydrogens (tertiary/aromatic N) is 2. The second-order valence-electron chi connectivity index (χ2n) is 6.28. The van der Waals surface area contributed by atoms with Gasteiger partial charge in [0.25, 0.3) is 0 Å². The molecule has 1 N–H and O–H groups in total. The third kappa shape index (κ3) is 5.65. The van der Waals surface area contributed by atoms with E-state index >= 15 is 0 Å². The van der Waals surface area contributed by atoms with Gasteiger partial charge >= 0.3 is 0 Å². The van der Waals surface area contributed by atoms with Crippen molar-refractivity contribution in [2.75, 3.05) is 0 Å². The van der Waals surface area contributed by atoms with E-state index in [1.165, 1.54) is 0 Å². The molecule has 1 unspecified atom stereocenters. The first-order chi connectivity index (χ1) is 13.2. The summed E-state index contributed by atoms with van der Waals surface area (Å²) in [6, 6.07) is 11.4. The Labute approximate surface area is 167 Å². The number of carbonyl (C=O) groups excluding carboxylic acids is 1. The zero-order valence-corrected chi connectivity index (χ0v) is 16.7. The third-order valence-corrected chi connectivity index (χ3v) is 5.30. The predicted molar refractivity (Wildman–Crippen MR) is 107 cm³/mol. The van der Waals surface area contributed by atoms with Crippen molar-refractivity contribution in [3.63, 3.8) is 0 Å². The van der Waals surface area contributed by atoms with Crippen molar-refractivity contribution in [3.05, 3.63) is 69.0 Å². The molecule has 1 atom stereocenters. The van der Waals surface area contributed by atoms with Gasteiger partial charge in [0, 0.05) is 29.2 Å². The van der Waals surface area contributed by atoms with Crippen molar-refractivity contribution in [3.8, 4) is 0 Å². The van der Waals surface area contributed by atoms with Crippen molar-refractivity contribution >= 4 is 28.8 Å². The van der Waals surface area contributed by atoms with Gasteiger partial charge in [0.15, 0.2) is 5.82 Å². The van der Waals surface area contributed by atoms with Crippen LogP contribution in [0.2, 0.25) is 5.02 Å². The average Bonchev–Trinajstić information content (AvgIpc) is 3.33. The van der Waals surface area contributed by atoms with Crippen LogP contribution in [0.1, 0.15) is 54.4 Å². The normalized spacial score (nSPS) is 12.1. The molecule has 142 valence electrons. The Morgan fingerprint density at radius 1 is 1.26 bits per heavy atom. The summed E-state index contributed by atoms with van der Waals surface area (Å²) in [6.07, 6.45) is 3.47. The summed E-state index contributed by atoms with van der Waals surface area (Å²) in [5.74, 6) is 1.33. The van der Waals surface area contributed by atoms with E-state index in [9.17, 15) is 4.79 Å². The molecule has 0 fully saturated rings. The summed E-state index contributed by atoms with van der Waals surface area (Å²) in [5, 5.41) is 9.75. The molecule has 0 radical (unpaired) electrons. The molecule has 0 aliphatic heterocycles. The lowest BCUT2D eigenvalue weighted by molar-refractivity contribution is -0.121. The fourth-order valence-corrected chi connectivity index (χ4v) is 3.71. The van der Waals surface area contributed by atoms with Crippen molar-refractivity contribution in [2.24, 2.45) is 0 Å². The molecule has 2 heterocycles. The first-order valence-electron chi connectivity index (χ1n) is 9.05. The Morgan fingerprint density at radius 3 is 2.78 bits per heavy atom. The highest BCUT2D eigenvalue weighted by atomic mass is 35.5. The number of aryl methyl sites for hydroxylation is 2. The van der Waals surface area contributed by atoms with Crippen LogP contribution in [0.3, 0.4) is 0 Å². The predicted octanol–water partition coefficient (Wildman–Crippen LogP) is 4.97. The highest BCUT2D eigenvalue weighted by molar-refractivity contribution is 7.10. The lowest BCUT2D eigenvalue weighted by Gasteiger charge is -2.18.